The third-order valence-corrected chi connectivity index (χ3v) is 8.13. The van der Waals surface area contributed by atoms with Crippen LogP contribution >= 0.6 is 35.3 Å². The molecule has 176 valence electrons. The van der Waals surface area contributed by atoms with Gasteiger partial charge in [0.25, 0.3) is 0 Å². The number of rotatable bonds is 10. The zero-order chi connectivity index (χ0) is 24.7. The summed E-state index contributed by atoms with van der Waals surface area (Å²) < 4.78 is 10.6. The minimum absolute atomic E-state index is 0.296. The molecule has 2 aromatic rings. The lowest BCUT2D eigenvalue weighted by Gasteiger charge is -2.18. The smallest absolute Gasteiger partial charge is 0.331 e. The first kappa shape index (κ1) is 27.2. The minimum Gasteiger partial charge on any atom is -0.448 e. The van der Waals surface area contributed by atoms with Gasteiger partial charge in [-0.25, -0.2) is 9.59 Å². The van der Waals surface area contributed by atoms with Crippen molar-refractivity contribution in [3.63, 3.8) is 0 Å². The molecular weight excluding hydrogens is 472 g/mol. The summed E-state index contributed by atoms with van der Waals surface area (Å²) in [5.74, 6) is -0.837. The highest BCUT2D eigenvalue weighted by atomic mass is 32.2. The van der Waals surface area contributed by atoms with Crippen LogP contribution in [-0.2, 0) is 19.1 Å². The van der Waals surface area contributed by atoms with Gasteiger partial charge in [-0.2, -0.15) is 0 Å². The minimum atomic E-state index is -0.418. The molecule has 0 fully saturated rings. The second kappa shape index (κ2) is 12.4. The van der Waals surface area contributed by atoms with Gasteiger partial charge in [-0.15, -0.1) is 0 Å². The van der Waals surface area contributed by atoms with E-state index in [1.54, 1.807) is 11.8 Å². The molecule has 0 aliphatic carbocycles. The van der Waals surface area contributed by atoms with E-state index in [0.29, 0.717) is 0 Å². The molecule has 0 amide bonds. The van der Waals surface area contributed by atoms with Gasteiger partial charge in [-0.1, -0.05) is 48.4 Å². The summed E-state index contributed by atoms with van der Waals surface area (Å²) in [6, 6.07) is 8.64. The predicted octanol–water partition coefficient (Wildman–Crippen LogP) is 7.41. The standard InChI is InChI=1S/C26H30O4S3/c1-9-23(27)29-19(7)31-25-15(3)11-21(12-16(25)4)33-22-13-17(5)26(18(6)14-22)32-20(8)30-24(28)10-2/h9-14,19-20H,1-2H2,3-8H3. The first-order valence-electron chi connectivity index (χ1n) is 10.4. The fraction of sp³-hybridized carbons (Fsp3) is 0.308. The van der Waals surface area contributed by atoms with Crippen LogP contribution in [0.25, 0.3) is 0 Å². The van der Waals surface area contributed by atoms with Gasteiger partial charge in [0.15, 0.2) is 0 Å². The molecule has 2 aromatic carbocycles. The lowest BCUT2D eigenvalue weighted by atomic mass is 10.1. The van der Waals surface area contributed by atoms with Crippen molar-refractivity contribution >= 4 is 47.2 Å². The maximum absolute atomic E-state index is 11.5. The van der Waals surface area contributed by atoms with E-state index in [4.69, 9.17) is 9.47 Å². The molecule has 0 aromatic heterocycles. The van der Waals surface area contributed by atoms with Gasteiger partial charge in [-0.3, -0.25) is 0 Å². The highest BCUT2D eigenvalue weighted by Gasteiger charge is 2.16. The van der Waals surface area contributed by atoms with Crippen molar-refractivity contribution in [1.82, 2.24) is 0 Å². The number of aryl methyl sites for hydroxylation is 4. The molecule has 0 N–H and O–H groups in total. The van der Waals surface area contributed by atoms with Crippen molar-refractivity contribution in [1.29, 1.82) is 0 Å². The average molecular weight is 503 g/mol. The van der Waals surface area contributed by atoms with Crippen LogP contribution in [0, 0.1) is 27.7 Å². The summed E-state index contributed by atoms with van der Waals surface area (Å²) in [6.07, 6.45) is 2.36. The van der Waals surface area contributed by atoms with E-state index >= 15 is 0 Å². The largest absolute Gasteiger partial charge is 0.448 e. The fourth-order valence-electron chi connectivity index (χ4n) is 3.25. The quantitative estimate of drug-likeness (QED) is 0.145. The van der Waals surface area contributed by atoms with Gasteiger partial charge in [-0.05, 0) is 88.1 Å². The zero-order valence-electron chi connectivity index (χ0n) is 19.9. The maximum Gasteiger partial charge on any atom is 0.331 e. The van der Waals surface area contributed by atoms with E-state index < -0.39 is 11.9 Å². The van der Waals surface area contributed by atoms with Gasteiger partial charge in [0, 0.05) is 31.7 Å². The number of thioether (sulfide) groups is 2. The van der Waals surface area contributed by atoms with E-state index in [9.17, 15) is 9.59 Å². The van der Waals surface area contributed by atoms with Crippen molar-refractivity contribution in [3.8, 4) is 0 Å². The molecule has 2 atom stereocenters. The lowest BCUT2D eigenvalue weighted by molar-refractivity contribution is -0.139. The first-order valence-corrected chi connectivity index (χ1v) is 13.0. The van der Waals surface area contributed by atoms with Crippen molar-refractivity contribution in [2.75, 3.05) is 0 Å². The summed E-state index contributed by atoms with van der Waals surface area (Å²) in [4.78, 5) is 27.4. The Morgan fingerprint density at radius 1 is 0.727 bits per heavy atom. The lowest BCUT2D eigenvalue weighted by Crippen LogP contribution is -2.09. The molecule has 0 heterocycles. The topological polar surface area (TPSA) is 52.6 Å². The normalized spacial score (nSPS) is 12.5. The molecule has 4 nitrogen and oxygen atoms in total. The molecule has 0 aliphatic rings. The van der Waals surface area contributed by atoms with E-state index in [2.05, 4.69) is 65.1 Å². The van der Waals surface area contributed by atoms with Crippen LogP contribution in [0.3, 0.4) is 0 Å². The van der Waals surface area contributed by atoms with Crippen LogP contribution < -0.4 is 0 Å². The monoisotopic (exact) mass is 502 g/mol. The molecule has 0 aliphatic heterocycles. The van der Waals surface area contributed by atoms with Crippen molar-refractivity contribution in [3.05, 3.63) is 71.8 Å². The van der Waals surface area contributed by atoms with E-state index in [-0.39, 0.29) is 10.9 Å². The summed E-state index contributed by atoms with van der Waals surface area (Å²) in [7, 11) is 0. The Morgan fingerprint density at radius 3 is 1.30 bits per heavy atom. The van der Waals surface area contributed by atoms with Crippen LogP contribution in [0.5, 0.6) is 0 Å². The number of hydrogen-bond acceptors (Lipinski definition) is 7. The van der Waals surface area contributed by atoms with Crippen molar-refractivity contribution in [2.45, 2.75) is 72.0 Å². The molecule has 0 spiro atoms. The Kier molecular flexibility index (Phi) is 10.2. The van der Waals surface area contributed by atoms with Gasteiger partial charge >= 0.3 is 11.9 Å². The molecule has 0 radical (unpaired) electrons. The van der Waals surface area contributed by atoms with Gasteiger partial charge < -0.3 is 9.47 Å². The second-order valence-corrected chi connectivity index (χ2v) is 11.3. The highest BCUT2D eigenvalue weighted by Crippen LogP contribution is 2.39. The summed E-state index contributed by atoms with van der Waals surface area (Å²) >= 11 is 4.77. The molecule has 0 saturated carbocycles. The SMILES string of the molecule is C=CC(=O)OC(C)Sc1c(C)cc(Sc2cc(C)c(SC(C)OC(=O)C=C)c(C)c2)cc1C. The molecule has 33 heavy (non-hydrogen) atoms. The van der Waals surface area contributed by atoms with Gasteiger partial charge in [0.05, 0.1) is 0 Å². The third-order valence-electron chi connectivity index (χ3n) is 4.57. The van der Waals surface area contributed by atoms with Crippen molar-refractivity contribution < 1.29 is 19.1 Å². The molecule has 2 unspecified atom stereocenters. The Bertz CT molecular complexity index is 932. The molecule has 7 heteroatoms. The number of carbonyl (C=O) groups excluding carboxylic acids is 2. The van der Waals surface area contributed by atoms with Crippen LogP contribution in [0.4, 0.5) is 0 Å². The van der Waals surface area contributed by atoms with E-state index in [0.717, 1.165) is 41.8 Å². The summed E-state index contributed by atoms with van der Waals surface area (Å²) in [5.41, 5.74) is 3.97. The predicted molar refractivity (Wildman–Crippen MR) is 139 cm³/mol. The van der Waals surface area contributed by atoms with Crippen LogP contribution in [0.2, 0.25) is 0 Å². The fourth-order valence-corrected chi connectivity index (χ4v) is 6.39. The maximum atomic E-state index is 11.5. The van der Waals surface area contributed by atoms with Crippen LogP contribution in [0.1, 0.15) is 36.1 Å². The van der Waals surface area contributed by atoms with E-state index in [1.807, 2.05) is 13.8 Å². The molecule has 2 rings (SSSR count). The number of esters is 2. The summed E-state index contributed by atoms with van der Waals surface area (Å²) in [5, 5.41) is 0. The Balaban J connectivity index is 2.17. The number of benzene rings is 2. The van der Waals surface area contributed by atoms with Gasteiger partial charge in [0.1, 0.15) is 10.9 Å². The zero-order valence-corrected chi connectivity index (χ0v) is 22.3. The first-order chi connectivity index (χ1) is 15.5. The molecular formula is C26H30O4S3. The van der Waals surface area contributed by atoms with Crippen LogP contribution in [0.15, 0.2) is 69.2 Å². The molecule has 0 bridgehead atoms. The third kappa shape index (κ3) is 8.02. The Hall–Kier alpha value is -2.09. The Labute approximate surface area is 209 Å². The summed E-state index contributed by atoms with van der Waals surface area (Å²) in [6.45, 7) is 18.9. The number of carbonyl (C=O) groups is 2. The Morgan fingerprint density at radius 2 is 1.03 bits per heavy atom. The highest BCUT2D eigenvalue weighted by molar-refractivity contribution is 8.00. The number of ether oxygens (including phenoxy) is 2. The van der Waals surface area contributed by atoms with E-state index in [1.165, 1.54) is 35.7 Å². The van der Waals surface area contributed by atoms with Gasteiger partial charge in [0.2, 0.25) is 0 Å². The van der Waals surface area contributed by atoms with Crippen LogP contribution in [-0.4, -0.2) is 22.8 Å². The average Bonchev–Trinajstić information content (AvgIpc) is 2.73. The van der Waals surface area contributed by atoms with Crippen molar-refractivity contribution in [2.24, 2.45) is 0 Å². The number of hydrogen-bond donors (Lipinski definition) is 0. The second-order valence-electron chi connectivity index (χ2n) is 7.53. The molecule has 0 saturated heterocycles.